The Hall–Kier alpha value is -3.54. The molecule has 0 spiro atoms. The summed E-state index contributed by atoms with van der Waals surface area (Å²) in [5.74, 6) is -6.96. The number of fused-ring (bicyclic) bond motifs is 1. The number of ketones is 1. The number of nitrogens with zero attached hydrogens (tertiary/aromatic N) is 6. The van der Waals surface area contributed by atoms with Gasteiger partial charge < -0.3 is 21.7 Å². The average molecular weight is 673 g/mol. The number of β-lactam (4-membered cyclic amide) rings is 1. The topological polar surface area (TPSA) is 255 Å². The number of hydrogen-bond acceptors (Lipinski definition) is 15. The van der Waals surface area contributed by atoms with Gasteiger partial charge in [-0.15, -0.1) is 28.2 Å². The molecule has 3 atom stereocenters. The van der Waals surface area contributed by atoms with E-state index < -0.39 is 56.3 Å². The Morgan fingerprint density at radius 2 is 1.88 bits per heavy atom. The van der Waals surface area contributed by atoms with Crippen LogP contribution in [0, 0.1) is 5.92 Å². The molecular weight excluding hydrogens is 654 g/mol. The number of nitrogens with two attached hydrogens (primary N) is 2. The number of carboxylic acids is 2. The summed E-state index contributed by atoms with van der Waals surface area (Å²) in [4.78, 5) is 52.5. The number of carboxylic acid groups (broad SMARTS) is 2. The fraction of sp³-hybridized carbons (Fsp3) is 0.368. The Bertz CT molecular complexity index is 1600. The highest BCUT2D eigenvalue weighted by Crippen LogP contribution is 2.48. The zero-order valence-corrected chi connectivity index (χ0v) is 24.3. The smallest absolute Gasteiger partial charge is 0.477 e. The maximum absolute atomic E-state index is 13.4. The van der Waals surface area contributed by atoms with Crippen LogP contribution in [-0.2, 0) is 36.1 Å². The first-order chi connectivity index (χ1) is 19.3. The largest absolute Gasteiger partial charge is 0.490 e. The number of carbonyl (C=O) groups is 4. The molecule has 6 N–H and O–H groups in total. The first kappa shape index (κ1) is 33.0. The van der Waals surface area contributed by atoms with E-state index in [1.165, 1.54) is 10.1 Å². The molecule has 1 saturated heterocycles. The number of rotatable bonds is 8. The van der Waals surface area contributed by atoms with Crippen molar-refractivity contribution in [3.63, 3.8) is 0 Å². The number of amides is 1. The number of alkyl halides is 3. The maximum Gasteiger partial charge on any atom is 0.490 e. The lowest BCUT2D eigenvalue weighted by molar-refractivity contribution is -0.192. The van der Waals surface area contributed by atoms with Crippen LogP contribution in [0.25, 0.3) is 5.57 Å². The predicted molar refractivity (Wildman–Crippen MR) is 142 cm³/mol. The lowest BCUT2D eigenvalue weighted by Crippen LogP contribution is -2.65. The Kier molecular flexibility index (Phi) is 9.71. The summed E-state index contributed by atoms with van der Waals surface area (Å²) in [5.41, 5.74) is 11.6. The van der Waals surface area contributed by atoms with Gasteiger partial charge in [0.05, 0.1) is 16.6 Å². The van der Waals surface area contributed by atoms with Crippen molar-refractivity contribution in [3.05, 3.63) is 27.8 Å². The number of aryl methyl sites for hydroxylation is 1. The van der Waals surface area contributed by atoms with E-state index in [9.17, 15) is 41.1 Å². The highest BCUT2D eigenvalue weighted by Gasteiger charge is 2.58. The molecule has 42 heavy (non-hydrogen) atoms. The van der Waals surface area contributed by atoms with Crippen LogP contribution in [-0.4, -0.2) is 101 Å². The van der Waals surface area contributed by atoms with Crippen LogP contribution >= 0.6 is 34.9 Å². The van der Waals surface area contributed by atoms with Gasteiger partial charge in [0.2, 0.25) is 11.1 Å². The number of aliphatic carboxylic acids is 2. The fourth-order valence-corrected chi connectivity index (χ4v) is 7.16. The summed E-state index contributed by atoms with van der Waals surface area (Å²) in [7, 11) is -2.17. The molecule has 2 aromatic rings. The van der Waals surface area contributed by atoms with Crippen molar-refractivity contribution in [2.75, 3.05) is 17.7 Å². The van der Waals surface area contributed by atoms with Crippen LogP contribution in [0.4, 0.5) is 18.3 Å². The average Bonchev–Trinajstić information content (AvgIpc) is 3.48. The minimum atomic E-state index is -5.08. The Morgan fingerprint density at radius 3 is 2.33 bits per heavy atom. The van der Waals surface area contributed by atoms with E-state index in [1.54, 1.807) is 7.05 Å². The van der Waals surface area contributed by atoms with Gasteiger partial charge in [-0.05, 0) is 16.0 Å². The van der Waals surface area contributed by atoms with Crippen molar-refractivity contribution in [1.29, 1.82) is 0 Å². The number of Topliss-reactive ketones (excluding diaryl/α,β-unsaturated/α-hetero) is 1. The number of thiazole rings is 1. The number of anilines is 1. The molecular formula is C19H19F3N8O8S4. The number of thioether (sulfide) groups is 2. The zero-order chi connectivity index (χ0) is 31.7. The molecule has 4 heterocycles. The molecule has 2 unspecified atom stereocenters. The third-order valence-corrected chi connectivity index (χ3v) is 9.02. The highest BCUT2D eigenvalue weighted by molar-refractivity contribution is 8.01. The predicted octanol–water partition coefficient (Wildman–Crippen LogP) is -0.216. The number of sulfone groups is 1. The molecule has 228 valence electrons. The molecule has 0 aliphatic carbocycles. The minimum Gasteiger partial charge on any atom is -0.477 e. The molecule has 2 aliphatic rings. The van der Waals surface area contributed by atoms with Crippen molar-refractivity contribution in [2.45, 2.75) is 22.1 Å². The minimum absolute atomic E-state index is 0.0164. The number of carbonyl (C=O) groups excluding carboxylic acids is 2. The normalized spacial score (nSPS) is 20.8. The molecule has 0 bridgehead atoms. The molecule has 0 saturated carbocycles. The van der Waals surface area contributed by atoms with Gasteiger partial charge in [0.1, 0.15) is 17.0 Å². The van der Waals surface area contributed by atoms with E-state index in [0.29, 0.717) is 5.16 Å². The second kappa shape index (κ2) is 12.4. The van der Waals surface area contributed by atoms with Gasteiger partial charge in [-0.1, -0.05) is 11.8 Å². The SMILES string of the molecule is Cn1nnnc1SCC1=C(C(=O)O)N2C(=O)C(C(=O)/C(=C\S(C)(=O)=O)c3csc(N)n3)[C@H]2SC1N.O=C(O)C(F)(F)F. The first-order valence-electron chi connectivity index (χ1n) is 10.9. The van der Waals surface area contributed by atoms with Crippen molar-refractivity contribution in [3.8, 4) is 0 Å². The van der Waals surface area contributed by atoms with Crippen LogP contribution in [0.15, 0.2) is 27.2 Å². The standard InChI is InChI=1S/C17H18N8O6S4.C2HF3O2/c1-24-17(21-22-23-24)33-3-6-10(15(28)29)25-13(27)9(14(25)34-12(6)18)11(26)7(5-35(2,30)31)8-4-32-16(19)20-8;3-2(4,5)1(6)7/h4-5,9,12,14H,3,18H2,1-2H3,(H2,19,20)(H,28,29);(H,6,7)/b7-5-;/t9?,12?,14-;/m1./s1. The van der Waals surface area contributed by atoms with Crippen LogP contribution in [0.5, 0.6) is 0 Å². The third-order valence-electron chi connectivity index (χ3n) is 5.28. The second-order valence-electron chi connectivity index (χ2n) is 8.29. The monoisotopic (exact) mass is 672 g/mol. The van der Waals surface area contributed by atoms with Gasteiger partial charge in [-0.25, -0.2) is 27.7 Å². The molecule has 0 aromatic carbocycles. The van der Waals surface area contributed by atoms with E-state index in [2.05, 4.69) is 20.5 Å². The summed E-state index contributed by atoms with van der Waals surface area (Å²) in [6.07, 6.45) is -4.18. The molecule has 2 aromatic heterocycles. The number of aromatic nitrogens is 5. The lowest BCUT2D eigenvalue weighted by Gasteiger charge is -2.50. The highest BCUT2D eigenvalue weighted by atomic mass is 32.2. The fourth-order valence-electron chi connectivity index (χ4n) is 3.52. The van der Waals surface area contributed by atoms with Crippen molar-refractivity contribution in [2.24, 2.45) is 18.7 Å². The molecule has 4 rings (SSSR count). The molecule has 1 amide bonds. The number of tetrazole rings is 1. The van der Waals surface area contributed by atoms with Gasteiger partial charge in [0, 0.05) is 29.8 Å². The Balaban J connectivity index is 0.000000616. The summed E-state index contributed by atoms with van der Waals surface area (Å²) in [6.45, 7) is 0. The molecule has 1 fully saturated rings. The van der Waals surface area contributed by atoms with E-state index in [-0.39, 0.29) is 33.4 Å². The number of halogens is 3. The first-order valence-corrected chi connectivity index (χ1v) is 15.6. The summed E-state index contributed by atoms with van der Waals surface area (Å²) in [6, 6.07) is 0. The third kappa shape index (κ3) is 7.26. The van der Waals surface area contributed by atoms with Gasteiger partial charge in [-0.3, -0.25) is 14.5 Å². The van der Waals surface area contributed by atoms with Crippen molar-refractivity contribution >= 4 is 79.0 Å². The Labute approximate surface area is 245 Å². The number of hydrogen-bond donors (Lipinski definition) is 4. The Morgan fingerprint density at radius 1 is 1.26 bits per heavy atom. The zero-order valence-electron chi connectivity index (χ0n) is 21.0. The van der Waals surface area contributed by atoms with E-state index in [1.807, 2.05) is 0 Å². The van der Waals surface area contributed by atoms with Crippen LogP contribution in [0.2, 0.25) is 0 Å². The second-order valence-corrected chi connectivity index (χ2v) is 13.3. The van der Waals surface area contributed by atoms with E-state index in [0.717, 1.165) is 51.4 Å². The van der Waals surface area contributed by atoms with Crippen LogP contribution in [0.1, 0.15) is 5.69 Å². The van der Waals surface area contributed by atoms with Gasteiger partial charge in [0.25, 0.3) is 0 Å². The summed E-state index contributed by atoms with van der Waals surface area (Å²) in [5, 5.41) is 28.9. The molecule has 23 heteroatoms. The van der Waals surface area contributed by atoms with Gasteiger partial charge >= 0.3 is 18.1 Å². The summed E-state index contributed by atoms with van der Waals surface area (Å²) >= 11 is 3.18. The molecule has 0 radical (unpaired) electrons. The van der Waals surface area contributed by atoms with Gasteiger partial charge in [-0.2, -0.15) is 13.2 Å². The molecule has 2 aliphatic heterocycles. The van der Waals surface area contributed by atoms with Crippen LogP contribution < -0.4 is 11.5 Å². The summed E-state index contributed by atoms with van der Waals surface area (Å²) < 4.78 is 57.0. The van der Waals surface area contributed by atoms with Gasteiger partial charge in [0.15, 0.2) is 20.8 Å². The number of allylic oxidation sites excluding steroid dienone is 1. The molecule has 16 nitrogen and oxygen atoms in total. The lowest BCUT2D eigenvalue weighted by atomic mass is 9.87. The number of nitrogen functional groups attached to an aromatic ring is 1. The van der Waals surface area contributed by atoms with Crippen molar-refractivity contribution in [1.82, 2.24) is 30.1 Å². The van der Waals surface area contributed by atoms with E-state index in [4.69, 9.17) is 21.4 Å². The van der Waals surface area contributed by atoms with E-state index >= 15 is 0 Å². The quantitative estimate of drug-likeness (QED) is 0.122. The van der Waals surface area contributed by atoms with Crippen molar-refractivity contribution < 1.29 is 51.0 Å². The van der Waals surface area contributed by atoms with Crippen LogP contribution in [0.3, 0.4) is 0 Å². The maximum atomic E-state index is 13.4.